The Balaban J connectivity index is 1.48. The third-order valence-corrected chi connectivity index (χ3v) is 5.54. The summed E-state index contributed by atoms with van der Waals surface area (Å²) in [6.45, 7) is 0. The summed E-state index contributed by atoms with van der Waals surface area (Å²) < 4.78 is 0. The van der Waals surface area contributed by atoms with E-state index in [1.165, 1.54) is 19.3 Å². The van der Waals surface area contributed by atoms with Gasteiger partial charge < -0.3 is 10.6 Å². The number of amides is 1. The number of hydrogen-bond acceptors (Lipinski definition) is 3. The fraction of sp³-hybridized carbons (Fsp3) is 0.600. The average molecular weight is 292 g/mol. The highest BCUT2D eigenvalue weighted by atomic mass is 35.5. The second-order valence-corrected chi connectivity index (χ2v) is 6.69. The van der Waals surface area contributed by atoms with Gasteiger partial charge in [0.25, 0.3) is 5.91 Å². The van der Waals surface area contributed by atoms with E-state index in [2.05, 4.69) is 15.6 Å². The van der Waals surface area contributed by atoms with E-state index in [0.29, 0.717) is 22.6 Å². The monoisotopic (exact) mass is 291 g/mol. The van der Waals surface area contributed by atoms with Gasteiger partial charge in [-0.1, -0.05) is 11.6 Å². The van der Waals surface area contributed by atoms with Crippen LogP contribution in [0.4, 0.5) is 5.82 Å². The van der Waals surface area contributed by atoms with E-state index in [1.807, 2.05) is 0 Å². The summed E-state index contributed by atoms with van der Waals surface area (Å²) in [5.41, 5.74) is 0.590. The van der Waals surface area contributed by atoms with Gasteiger partial charge in [-0.2, -0.15) is 0 Å². The van der Waals surface area contributed by atoms with Crippen LogP contribution < -0.4 is 10.6 Å². The van der Waals surface area contributed by atoms with Crippen LogP contribution in [0, 0.1) is 23.7 Å². The summed E-state index contributed by atoms with van der Waals surface area (Å²) in [4.78, 5) is 16.5. The molecule has 4 unspecified atom stereocenters. The molecule has 1 amide bonds. The Bertz CT molecular complexity index is 560. The Hall–Kier alpha value is -1.29. The molecule has 106 valence electrons. The lowest BCUT2D eigenvalue weighted by Crippen LogP contribution is -2.30. The van der Waals surface area contributed by atoms with Crippen molar-refractivity contribution in [3.63, 3.8) is 0 Å². The number of nitrogens with one attached hydrogen (secondary N) is 2. The van der Waals surface area contributed by atoms with Gasteiger partial charge in [0.15, 0.2) is 0 Å². The van der Waals surface area contributed by atoms with Gasteiger partial charge in [0, 0.05) is 18.7 Å². The lowest BCUT2D eigenvalue weighted by atomic mass is 10.0. The highest BCUT2D eigenvalue weighted by molar-refractivity contribution is 6.29. The van der Waals surface area contributed by atoms with Crippen molar-refractivity contribution in [2.24, 2.45) is 23.7 Å². The molecule has 3 aliphatic rings. The van der Waals surface area contributed by atoms with Gasteiger partial charge >= 0.3 is 0 Å². The van der Waals surface area contributed by atoms with E-state index >= 15 is 0 Å². The molecule has 0 radical (unpaired) electrons. The predicted molar refractivity (Wildman–Crippen MR) is 77.9 cm³/mol. The predicted octanol–water partition coefficient (Wildman–Crippen LogP) is 2.55. The van der Waals surface area contributed by atoms with Crippen LogP contribution in [0.1, 0.15) is 29.6 Å². The molecule has 2 bridgehead atoms. The zero-order chi connectivity index (χ0) is 13.9. The SMILES string of the molecule is CNc1cc(C(=O)NC2C3C4CCC(C4)C23)cc(Cl)n1. The maximum Gasteiger partial charge on any atom is 0.251 e. The van der Waals surface area contributed by atoms with Crippen LogP contribution in [0.15, 0.2) is 12.1 Å². The molecule has 3 aliphatic carbocycles. The fourth-order valence-corrected chi connectivity index (χ4v) is 4.72. The fourth-order valence-electron chi connectivity index (χ4n) is 4.51. The summed E-state index contributed by atoms with van der Waals surface area (Å²) in [5.74, 6) is 3.83. The Morgan fingerprint density at radius 3 is 2.65 bits per heavy atom. The van der Waals surface area contributed by atoms with Crippen molar-refractivity contribution in [3.8, 4) is 0 Å². The highest BCUT2D eigenvalue weighted by Gasteiger charge is 2.65. The van der Waals surface area contributed by atoms with E-state index in [1.54, 1.807) is 19.2 Å². The normalized spacial score (nSPS) is 36.6. The third kappa shape index (κ3) is 1.81. The Kier molecular flexibility index (Phi) is 2.71. The lowest BCUT2D eigenvalue weighted by molar-refractivity contribution is 0.0944. The van der Waals surface area contributed by atoms with Gasteiger partial charge in [-0.15, -0.1) is 0 Å². The first-order valence-electron chi connectivity index (χ1n) is 7.33. The second-order valence-electron chi connectivity index (χ2n) is 6.30. The first-order chi connectivity index (χ1) is 9.67. The summed E-state index contributed by atoms with van der Waals surface area (Å²) in [6.07, 6.45) is 4.12. The van der Waals surface area contributed by atoms with Gasteiger partial charge in [0.2, 0.25) is 0 Å². The van der Waals surface area contributed by atoms with Crippen LogP contribution in [-0.2, 0) is 0 Å². The molecule has 1 aromatic heterocycles. The van der Waals surface area contributed by atoms with E-state index in [4.69, 9.17) is 11.6 Å². The van der Waals surface area contributed by atoms with Crippen molar-refractivity contribution in [1.29, 1.82) is 0 Å². The van der Waals surface area contributed by atoms with Crippen LogP contribution in [0.3, 0.4) is 0 Å². The number of rotatable bonds is 3. The molecule has 20 heavy (non-hydrogen) atoms. The van der Waals surface area contributed by atoms with Crippen LogP contribution >= 0.6 is 11.6 Å². The third-order valence-electron chi connectivity index (χ3n) is 5.35. The minimum atomic E-state index is -0.0235. The molecule has 4 rings (SSSR count). The molecule has 0 aromatic carbocycles. The number of pyridine rings is 1. The van der Waals surface area contributed by atoms with Crippen molar-refractivity contribution in [2.75, 3.05) is 12.4 Å². The lowest BCUT2D eigenvalue weighted by Gasteiger charge is -2.11. The molecule has 1 heterocycles. The molecular formula is C15H18ClN3O. The van der Waals surface area contributed by atoms with Crippen molar-refractivity contribution >= 4 is 23.3 Å². The summed E-state index contributed by atoms with van der Waals surface area (Å²) in [6, 6.07) is 3.78. The topological polar surface area (TPSA) is 54.0 Å². The van der Waals surface area contributed by atoms with E-state index in [0.717, 1.165) is 23.7 Å². The number of anilines is 1. The van der Waals surface area contributed by atoms with Crippen molar-refractivity contribution in [1.82, 2.24) is 10.3 Å². The molecular weight excluding hydrogens is 274 g/mol. The maximum absolute atomic E-state index is 12.4. The highest BCUT2D eigenvalue weighted by Crippen LogP contribution is 2.65. The zero-order valence-corrected chi connectivity index (χ0v) is 12.2. The van der Waals surface area contributed by atoms with Gasteiger partial charge in [0.1, 0.15) is 11.0 Å². The molecule has 4 nitrogen and oxygen atoms in total. The molecule has 1 aromatic rings. The minimum absolute atomic E-state index is 0.0235. The largest absolute Gasteiger partial charge is 0.373 e. The Morgan fingerprint density at radius 1 is 1.30 bits per heavy atom. The van der Waals surface area contributed by atoms with Crippen LogP contribution in [-0.4, -0.2) is 24.0 Å². The van der Waals surface area contributed by atoms with Gasteiger partial charge in [-0.3, -0.25) is 4.79 Å². The smallest absolute Gasteiger partial charge is 0.251 e. The number of fused-ring (bicyclic) bond motifs is 5. The molecule has 5 heteroatoms. The molecule has 3 saturated carbocycles. The first-order valence-corrected chi connectivity index (χ1v) is 7.71. The molecule has 0 spiro atoms. The molecule has 0 aliphatic heterocycles. The van der Waals surface area contributed by atoms with Crippen molar-refractivity contribution in [3.05, 3.63) is 22.8 Å². The second kappa shape index (κ2) is 4.35. The molecule has 3 fully saturated rings. The van der Waals surface area contributed by atoms with E-state index < -0.39 is 0 Å². The first kappa shape index (κ1) is 12.5. The number of carbonyl (C=O) groups excluding carboxylic acids is 1. The van der Waals surface area contributed by atoms with Gasteiger partial charge in [-0.05, 0) is 55.1 Å². The number of hydrogen-bond donors (Lipinski definition) is 2. The number of halogens is 1. The molecule has 0 saturated heterocycles. The summed E-state index contributed by atoms with van der Waals surface area (Å²) >= 11 is 5.95. The standard InChI is InChI=1S/C15H18ClN3O/c1-17-11-6-9(5-10(16)18-11)15(20)19-14-12-7-2-3-8(4-7)13(12)14/h5-8,12-14H,2-4H2,1H3,(H,17,18)(H,19,20). The van der Waals surface area contributed by atoms with Gasteiger partial charge in [-0.25, -0.2) is 4.98 Å². The van der Waals surface area contributed by atoms with Crippen LogP contribution in [0.5, 0.6) is 0 Å². The molecule has 2 N–H and O–H groups in total. The van der Waals surface area contributed by atoms with E-state index in [9.17, 15) is 4.79 Å². The number of aromatic nitrogens is 1. The number of carbonyl (C=O) groups is 1. The van der Waals surface area contributed by atoms with Crippen molar-refractivity contribution < 1.29 is 4.79 Å². The molecule has 4 atom stereocenters. The zero-order valence-electron chi connectivity index (χ0n) is 11.4. The van der Waals surface area contributed by atoms with E-state index in [-0.39, 0.29) is 5.91 Å². The Labute approximate surface area is 123 Å². The van der Waals surface area contributed by atoms with Crippen LogP contribution in [0.25, 0.3) is 0 Å². The van der Waals surface area contributed by atoms with Crippen LogP contribution in [0.2, 0.25) is 5.15 Å². The minimum Gasteiger partial charge on any atom is -0.373 e. The summed E-state index contributed by atoms with van der Waals surface area (Å²) in [7, 11) is 1.77. The van der Waals surface area contributed by atoms with Gasteiger partial charge in [0.05, 0.1) is 0 Å². The quantitative estimate of drug-likeness (QED) is 0.842. The average Bonchev–Trinajstić information content (AvgIpc) is 2.84. The Morgan fingerprint density at radius 2 is 2.00 bits per heavy atom. The maximum atomic E-state index is 12.4. The summed E-state index contributed by atoms with van der Waals surface area (Å²) in [5, 5.41) is 6.46. The number of nitrogens with zero attached hydrogens (tertiary/aromatic N) is 1. The van der Waals surface area contributed by atoms with Crippen molar-refractivity contribution in [2.45, 2.75) is 25.3 Å².